The number of carbonyl (C=O) groups excluding carboxylic acids is 1. The number of aliphatic carboxylic acids is 1. The molecular weight excluding hydrogens is 282 g/mol. The lowest BCUT2D eigenvalue weighted by atomic mass is 9.85. The van der Waals surface area contributed by atoms with Gasteiger partial charge >= 0.3 is 5.97 Å². The van der Waals surface area contributed by atoms with Gasteiger partial charge in [0.05, 0.1) is 6.54 Å². The molecule has 0 aliphatic heterocycles. The van der Waals surface area contributed by atoms with Gasteiger partial charge in [-0.3, -0.25) is 19.5 Å². The Morgan fingerprint density at radius 1 is 1.27 bits per heavy atom. The third kappa shape index (κ3) is 3.82. The highest BCUT2D eigenvalue weighted by Crippen LogP contribution is 2.33. The van der Waals surface area contributed by atoms with Gasteiger partial charge in [-0.25, -0.2) is 0 Å². The van der Waals surface area contributed by atoms with Gasteiger partial charge < -0.3 is 10.4 Å². The van der Waals surface area contributed by atoms with Crippen molar-refractivity contribution in [3.05, 3.63) is 30.1 Å². The molecule has 3 rings (SSSR count). The molecule has 2 aliphatic rings. The first-order chi connectivity index (χ1) is 10.6. The van der Waals surface area contributed by atoms with Gasteiger partial charge in [0.1, 0.15) is 0 Å². The molecule has 2 N–H and O–H groups in total. The predicted molar refractivity (Wildman–Crippen MR) is 80.4 cm³/mol. The topological polar surface area (TPSA) is 82.5 Å². The number of hydrogen-bond acceptors (Lipinski definition) is 4. The molecular formula is C16H21N3O3. The molecule has 1 aromatic rings. The number of amides is 1. The van der Waals surface area contributed by atoms with E-state index in [0.717, 1.165) is 19.4 Å². The Labute approximate surface area is 129 Å². The highest BCUT2D eigenvalue weighted by Gasteiger charge is 2.37. The van der Waals surface area contributed by atoms with Crippen LogP contribution >= 0.6 is 0 Å². The van der Waals surface area contributed by atoms with Crippen molar-refractivity contribution >= 4 is 11.9 Å². The maximum Gasteiger partial charge on any atom is 0.317 e. The Balaban J connectivity index is 1.47. The van der Waals surface area contributed by atoms with Crippen LogP contribution in [0.5, 0.6) is 0 Å². The Bertz CT molecular complexity index is 539. The summed E-state index contributed by atoms with van der Waals surface area (Å²) >= 11 is 0. The number of hydrogen-bond donors (Lipinski definition) is 2. The van der Waals surface area contributed by atoms with Crippen LogP contribution in [0.3, 0.4) is 0 Å². The van der Waals surface area contributed by atoms with Gasteiger partial charge in [-0.05, 0) is 43.7 Å². The SMILES string of the molecule is O=C(O)CN(CC1CC1)C1CC(NC(=O)c2ccncc2)C1. The van der Waals surface area contributed by atoms with E-state index in [0.29, 0.717) is 11.5 Å². The second kappa shape index (κ2) is 6.44. The lowest BCUT2D eigenvalue weighted by Gasteiger charge is -2.42. The maximum atomic E-state index is 12.0. The van der Waals surface area contributed by atoms with E-state index in [9.17, 15) is 9.59 Å². The standard InChI is InChI=1S/C16H21N3O3/c20-15(21)10-19(9-11-1-2-11)14-7-13(8-14)18-16(22)12-3-5-17-6-4-12/h3-6,11,13-14H,1-2,7-10H2,(H,18,22)(H,20,21). The van der Waals surface area contributed by atoms with Crippen LogP contribution in [0.4, 0.5) is 0 Å². The summed E-state index contributed by atoms with van der Waals surface area (Å²) < 4.78 is 0. The zero-order valence-electron chi connectivity index (χ0n) is 12.4. The normalized spacial score (nSPS) is 23.9. The van der Waals surface area contributed by atoms with Gasteiger partial charge in [-0.1, -0.05) is 0 Å². The Kier molecular flexibility index (Phi) is 4.38. The molecule has 0 radical (unpaired) electrons. The van der Waals surface area contributed by atoms with E-state index in [1.807, 2.05) is 0 Å². The monoisotopic (exact) mass is 303 g/mol. The van der Waals surface area contributed by atoms with Crippen molar-refractivity contribution in [2.45, 2.75) is 37.8 Å². The number of nitrogens with zero attached hydrogens (tertiary/aromatic N) is 2. The van der Waals surface area contributed by atoms with Crippen LogP contribution in [0, 0.1) is 5.92 Å². The molecule has 0 bridgehead atoms. The van der Waals surface area contributed by atoms with E-state index in [1.54, 1.807) is 24.5 Å². The van der Waals surface area contributed by atoms with Gasteiger partial charge in [0, 0.05) is 36.6 Å². The van der Waals surface area contributed by atoms with Crippen molar-refractivity contribution in [1.82, 2.24) is 15.2 Å². The van der Waals surface area contributed by atoms with Crippen molar-refractivity contribution < 1.29 is 14.7 Å². The summed E-state index contributed by atoms with van der Waals surface area (Å²) in [5.41, 5.74) is 0.610. The van der Waals surface area contributed by atoms with Crippen LogP contribution in [0.15, 0.2) is 24.5 Å². The Morgan fingerprint density at radius 3 is 2.55 bits per heavy atom. The summed E-state index contributed by atoms with van der Waals surface area (Å²) in [4.78, 5) is 29.0. The predicted octanol–water partition coefficient (Wildman–Crippen LogP) is 1.14. The molecule has 6 heteroatoms. The van der Waals surface area contributed by atoms with Crippen molar-refractivity contribution in [3.63, 3.8) is 0 Å². The highest BCUT2D eigenvalue weighted by molar-refractivity contribution is 5.94. The molecule has 118 valence electrons. The molecule has 2 aliphatic carbocycles. The zero-order chi connectivity index (χ0) is 15.5. The number of rotatable bonds is 7. The minimum Gasteiger partial charge on any atom is -0.480 e. The third-order valence-corrected chi connectivity index (χ3v) is 4.44. The molecule has 0 aromatic carbocycles. The van der Waals surface area contributed by atoms with Gasteiger partial charge in [-0.15, -0.1) is 0 Å². The average molecular weight is 303 g/mol. The van der Waals surface area contributed by atoms with E-state index in [-0.39, 0.29) is 24.5 Å². The molecule has 0 atom stereocenters. The zero-order valence-corrected chi connectivity index (χ0v) is 12.4. The van der Waals surface area contributed by atoms with Crippen LogP contribution in [-0.4, -0.2) is 52.0 Å². The number of aromatic nitrogens is 1. The number of carboxylic acid groups (broad SMARTS) is 1. The van der Waals surface area contributed by atoms with Crippen molar-refractivity contribution in [2.75, 3.05) is 13.1 Å². The van der Waals surface area contributed by atoms with E-state index in [4.69, 9.17) is 5.11 Å². The first-order valence-corrected chi connectivity index (χ1v) is 7.78. The van der Waals surface area contributed by atoms with Crippen LogP contribution in [0.2, 0.25) is 0 Å². The van der Waals surface area contributed by atoms with Crippen molar-refractivity contribution in [1.29, 1.82) is 0 Å². The first-order valence-electron chi connectivity index (χ1n) is 7.78. The van der Waals surface area contributed by atoms with Gasteiger partial charge in [0.15, 0.2) is 0 Å². The van der Waals surface area contributed by atoms with Crippen molar-refractivity contribution in [3.8, 4) is 0 Å². The van der Waals surface area contributed by atoms with Gasteiger partial charge in [0.25, 0.3) is 5.91 Å². The quantitative estimate of drug-likeness (QED) is 0.789. The summed E-state index contributed by atoms with van der Waals surface area (Å²) in [6, 6.07) is 3.80. The maximum absolute atomic E-state index is 12.0. The Morgan fingerprint density at radius 2 is 1.95 bits per heavy atom. The average Bonchev–Trinajstić information content (AvgIpc) is 3.26. The summed E-state index contributed by atoms with van der Waals surface area (Å²) in [5.74, 6) is -0.187. The van der Waals surface area contributed by atoms with Crippen LogP contribution in [0.25, 0.3) is 0 Å². The van der Waals surface area contributed by atoms with Crippen molar-refractivity contribution in [2.24, 2.45) is 5.92 Å². The van der Waals surface area contributed by atoms with Crippen LogP contribution < -0.4 is 5.32 Å². The number of pyridine rings is 1. The molecule has 2 saturated carbocycles. The summed E-state index contributed by atoms with van der Waals surface area (Å²) in [6.45, 7) is 0.980. The van der Waals surface area contributed by atoms with E-state index < -0.39 is 5.97 Å². The summed E-state index contributed by atoms with van der Waals surface area (Å²) in [6.07, 6.45) is 7.29. The molecule has 6 nitrogen and oxygen atoms in total. The minimum atomic E-state index is -0.773. The molecule has 22 heavy (non-hydrogen) atoms. The number of nitrogens with one attached hydrogen (secondary N) is 1. The minimum absolute atomic E-state index is 0.0853. The highest BCUT2D eigenvalue weighted by atomic mass is 16.4. The second-order valence-corrected chi connectivity index (χ2v) is 6.30. The second-order valence-electron chi connectivity index (χ2n) is 6.30. The summed E-state index contributed by atoms with van der Waals surface area (Å²) in [5, 5.41) is 12.0. The largest absolute Gasteiger partial charge is 0.480 e. The van der Waals surface area contributed by atoms with Crippen LogP contribution in [-0.2, 0) is 4.79 Å². The van der Waals surface area contributed by atoms with E-state index >= 15 is 0 Å². The smallest absolute Gasteiger partial charge is 0.317 e. The van der Waals surface area contributed by atoms with Crippen LogP contribution in [0.1, 0.15) is 36.0 Å². The van der Waals surface area contributed by atoms with Gasteiger partial charge in [-0.2, -0.15) is 0 Å². The number of carbonyl (C=O) groups is 2. The fourth-order valence-electron chi connectivity index (χ4n) is 2.92. The molecule has 0 saturated heterocycles. The molecule has 0 unspecified atom stereocenters. The van der Waals surface area contributed by atoms with Gasteiger partial charge in [0.2, 0.25) is 0 Å². The molecule has 1 heterocycles. The van der Waals surface area contributed by atoms with E-state index in [1.165, 1.54) is 12.8 Å². The number of carboxylic acids is 1. The molecule has 2 fully saturated rings. The lowest BCUT2D eigenvalue weighted by Crippen LogP contribution is -2.55. The fourth-order valence-corrected chi connectivity index (χ4v) is 2.92. The molecule has 0 spiro atoms. The molecule has 1 aromatic heterocycles. The first kappa shape index (κ1) is 15.0. The third-order valence-electron chi connectivity index (χ3n) is 4.44. The summed E-state index contributed by atoms with van der Waals surface area (Å²) in [7, 11) is 0. The lowest BCUT2D eigenvalue weighted by molar-refractivity contribution is -0.139. The Hall–Kier alpha value is -1.95. The fraction of sp³-hybridized carbons (Fsp3) is 0.562. The molecule has 1 amide bonds. The van der Waals surface area contributed by atoms with E-state index in [2.05, 4.69) is 15.2 Å².